The van der Waals surface area contributed by atoms with E-state index >= 15 is 0 Å². The van der Waals surface area contributed by atoms with Gasteiger partial charge in [-0.05, 0) is 18.2 Å². The van der Waals surface area contributed by atoms with E-state index in [-0.39, 0.29) is 0 Å². The van der Waals surface area contributed by atoms with Crippen molar-refractivity contribution in [3.63, 3.8) is 0 Å². The molecule has 0 aliphatic rings. The van der Waals surface area contributed by atoms with Crippen LogP contribution in [0.15, 0.2) is 30.6 Å². The third-order valence-corrected chi connectivity index (χ3v) is 2.24. The largest absolute Gasteiger partial charge is 0.480 e. The lowest BCUT2D eigenvalue weighted by Gasteiger charge is -2.09. The minimum Gasteiger partial charge on any atom is -0.480 e. The van der Waals surface area contributed by atoms with Crippen molar-refractivity contribution in [3.05, 3.63) is 36.2 Å². The van der Waals surface area contributed by atoms with Crippen LogP contribution in [0.4, 0.5) is 0 Å². The summed E-state index contributed by atoms with van der Waals surface area (Å²) < 4.78 is 5.12. The number of aromatic amines is 1. The summed E-state index contributed by atoms with van der Waals surface area (Å²) >= 11 is 0. The topological polar surface area (TPSA) is 81.0 Å². The molecular formula is C11H11N3O2. The molecule has 0 aliphatic carbocycles. The van der Waals surface area contributed by atoms with Crippen LogP contribution < -0.4 is 10.5 Å². The number of primary amides is 1. The van der Waals surface area contributed by atoms with Crippen molar-refractivity contribution in [3.8, 4) is 17.1 Å². The molecule has 3 N–H and O–H groups in total. The van der Waals surface area contributed by atoms with E-state index in [9.17, 15) is 4.79 Å². The molecule has 0 fully saturated rings. The van der Waals surface area contributed by atoms with Crippen molar-refractivity contribution in [2.24, 2.45) is 5.73 Å². The van der Waals surface area contributed by atoms with Crippen LogP contribution in [-0.2, 0) is 0 Å². The summed E-state index contributed by atoms with van der Waals surface area (Å²) in [5, 5.41) is 0. The summed E-state index contributed by atoms with van der Waals surface area (Å²) in [6.45, 7) is 0. The maximum absolute atomic E-state index is 11.3. The number of pyridine rings is 1. The molecule has 16 heavy (non-hydrogen) atoms. The molecule has 0 aromatic carbocycles. The molecule has 1 amide bonds. The van der Waals surface area contributed by atoms with Gasteiger partial charge in [0.15, 0.2) is 0 Å². The fraction of sp³-hybridized carbons (Fsp3) is 0.0909. The highest BCUT2D eigenvalue weighted by molar-refractivity contribution is 6.00. The number of aromatic nitrogens is 2. The first-order valence-electron chi connectivity index (χ1n) is 4.70. The van der Waals surface area contributed by atoms with Crippen LogP contribution in [0, 0.1) is 0 Å². The molecule has 2 heterocycles. The van der Waals surface area contributed by atoms with E-state index in [0.717, 1.165) is 5.69 Å². The Balaban J connectivity index is 2.68. The number of H-pyrrole nitrogens is 1. The van der Waals surface area contributed by atoms with Crippen LogP contribution in [0.25, 0.3) is 11.3 Å². The van der Waals surface area contributed by atoms with E-state index in [2.05, 4.69) is 9.97 Å². The molecule has 0 radical (unpaired) electrons. The fourth-order valence-corrected chi connectivity index (χ4v) is 1.55. The standard InChI is InChI=1S/C11H11N3O2/c1-16-11-9(8-3-2-5-13-8)7(10(12)15)4-6-14-11/h2-6,13H,1H3,(H2,12,15). The van der Waals surface area contributed by atoms with Crippen molar-refractivity contribution in [2.45, 2.75) is 0 Å². The zero-order valence-electron chi connectivity index (χ0n) is 8.73. The van der Waals surface area contributed by atoms with E-state index in [4.69, 9.17) is 10.5 Å². The Hall–Kier alpha value is -2.30. The van der Waals surface area contributed by atoms with Crippen LogP contribution in [0.5, 0.6) is 5.88 Å². The van der Waals surface area contributed by atoms with Crippen molar-refractivity contribution in [1.82, 2.24) is 9.97 Å². The van der Waals surface area contributed by atoms with Crippen LogP contribution >= 0.6 is 0 Å². The number of nitrogens with one attached hydrogen (secondary N) is 1. The maximum atomic E-state index is 11.3. The molecule has 2 aromatic rings. The predicted octanol–water partition coefficient (Wildman–Crippen LogP) is 1.18. The molecule has 0 bridgehead atoms. The van der Waals surface area contributed by atoms with E-state index in [1.165, 1.54) is 13.3 Å². The number of rotatable bonds is 3. The highest BCUT2D eigenvalue weighted by Crippen LogP contribution is 2.29. The summed E-state index contributed by atoms with van der Waals surface area (Å²) in [4.78, 5) is 18.4. The molecule has 0 atom stereocenters. The SMILES string of the molecule is COc1nccc(C(N)=O)c1-c1ccc[nH]1. The summed E-state index contributed by atoms with van der Waals surface area (Å²) in [6.07, 6.45) is 3.25. The molecule has 5 nitrogen and oxygen atoms in total. The average Bonchev–Trinajstić information content (AvgIpc) is 2.81. The van der Waals surface area contributed by atoms with Gasteiger partial charge in [0.05, 0.1) is 23.9 Å². The van der Waals surface area contributed by atoms with E-state index in [1.807, 2.05) is 12.1 Å². The number of hydrogen-bond acceptors (Lipinski definition) is 3. The average molecular weight is 217 g/mol. The molecule has 5 heteroatoms. The van der Waals surface area contributed by atoms with Gasteiger partial charge in [-0.1, -0.05) is 0 Å². The first-order valence-corrected chi connectivity index (χ1v) is 4.70. The van der Waals surface area contributed by atoms with Gasteiger partial charge in [-0.25, -0.2) is 4.98 Å². The number of nitrogens with two attached hydrogens (primary N) is 1. The highest BCUT2D eigenvalue weighted by Gasteiger charge is 2.16. The number of hydrogen-bond donors (Lipinski definition) is 2. The van der Waals surface area contributed by atoms with Gasteiger partial charge in [0.1, 0.15) is 0 Å². The van der Waals surface area contributed by atoms with E-state index in [0.29, 0.717) is 17.0 Å². The number of carbonyl (C=O) groups excluding carboxylic acids is 1. The Morgan fingerprint density at radius 3 is 2.88 bits per heavy atom. The van der Waals surface area contributed by atoms with Gasteiger partial charge in [0.25, 0.3) is 0 Å². The Morgan fingerprint density at radius 1 is 1.50 bits per heavy atom. The minimum absolute atomic E-state index is 0.374. The first kappa shape index (κ1) is 10.2. The summed E-state index contributed by atoms with van der Waals surface area (Å²) in [6, 6.07) is 5.22. The van der Waals surface area contributed by atoms with E-state index in [1.54, 1.807) is 12.3 Å². The molecule has 2 rings (SSSR count). The lowest BCUT2D eigenvalue weighted by atomic mass is 10.1. The maximum Gasteiger partial charge on any atom is 0.249 e. The molecule has 82 valence electrons. The third kappa shape index (κ3) is 1.63. The van der Waals surface area contributed by atoms with Crippen molar-refractivity contribution >= 4 is 5.91 Å². The molecular weight excluding hydrogens is 206 g/mol. The number of ether oxygens (including phenoxy) is 1. The quantitative estimate of drug-likeness (QED) is 0.810. The summed E-state index contributed by atoms with van der Waals surface area (Å²) in [7, 11) is 1.50. The van der Waals surface area contributed by atoms with Crippen LogP contribution in [0.3, 0.4) is 0 Å². The number of methoxy groups -OCH3 is 1. The van der Waals surface area contributed by atoms with E-state index < -0.39 is 5.91 Å². The van der Waals surface area contributed by atoms with Gasteiger partial charge in [0.2, 0.25) is 11.8 Å². The van der Waals surface area contributed by atoms with Crippen LogP contribution in [0.1, 0.15) is 10.4 Å². The smallest absolute Gasteiger partial charge is 0.249 e. The number of nitrogens with zero attached hydrogens (tertiary/aromatic N) is 1. The summed E-state index contributed by atoms with van der Waals surface area (Å²) in [5.74, 6) is -0.135. The second kappa shape index (κ2) is 4.06. The van der Waals surface area contributed by atoms with Gasteiger partial charge in [-0.3, -0.25) is 4.79 Å². The molecule has 0 aliphatic heterocycles. The van der Waals surface area contributed by atoms with Crippen molar-refractivity contribution in [2.75, 3.05) is 7.11 Å². The third-order valence-electron chi connectivity index (χ3n) is 2.24. The highest BCUT2D eigenvalue weighted by atomic mass is 16.5. The molecule has 0 unspecified atom stereocenters. The van der Waals surface area contributed by atoms with Gasteiger partial charge < -0.3 is 15.5 Å². The Labute approximate surface area is 92.3 Å². The van der Waals surface area contributed by atoms with Crippen LogP contribution in [0.2, 0.25) is 0 Å². The monoisotopic (exact) mass is 217 g/mol. The lowest BCUT2D eigenvalue weighted by molar-refractivity contribution is 0.100. The molecule has 0 saturated heterocycles. The number of carbonyl (C=O) groups is 1. The number of amides is 1. The van der Waals surface area contributed by atoms with Gasteiger partial charge in [-0.2, -0.15) is 0 Å². The Bertz CT molecular complexity index is 506. The fourth-order valence-electron chi connectivity index (χ4n) is 1.55. The van der Waals surface area contributed by atoms with Gasteiger partial charge in [-0.15, -0.1) is 0 Å². The second-order valence-electron chi connectivity index (χ2n) is 3.19. The summed E-state index contributed by atoms with van der Waals surface area (Å²) in [5.41, 5.74) is 7.03. The minimum atomic E-state index is -0.509. The lowest BCUT2D eigenvalue weighted by Crippen LogP contribution is -2.13. The van der Waals surface area contributed by atoms with Gasteiger partial charge >= 0.3 is 0 Å². The first-order chi connectivity index (χ1) is 7.74. The Kier molecular flexibility index (Phi) is 2.59. The van der Waals surface area contributed by atoms with Crippen molar-refractivity contribution < 1.29 is 9.53 Å². The normalized spacial score (nSPS) is 10.1. The van der Waals surface area contributed by atoms with Crippen LogP contribution in [-0.4, -0.2) is 23.0 Å². The molecule has 0 spiro atoms. The van der Waals surface area contributed by atoms with Gasteiger partial charge in [0, 0.05) is 12.4 Å². The molecule has 0 saturated carbocycles. The predicted molar refractivity (Wildman–Crippen MR) is 59.1 cm³/mol. The zero-order valence-corrected chi connectivity index (χ0v) is 8.73. The zero-order chi connectivity index (χ0) is 11.5. The van der Waals surface area contributed by atoms with Crippen molar-refractivity contribution in [1.29, 1.82) is 0 Å². The second-order valence-corrected chi connectivity index (χ2v) is 3.19. The Morgan fingerprint density at radius 2 is 2.31 bits per heavy atom. The molecule has 2 aromatic heterocycles.